The molecule has 0 saturated heterocycles. The first-order chi connectivity index (χ1) is 11.7. The minimum absolute atomic E-state index is 0.381. The predicted octanol–water partition coefficient (Wildman–Crippen LogP) is 6.29. The highest BCUT2D eigenvalue weighted by Gasteiger charge is 2.24. The van der Waals surface area contributed by atoms with Gasteiger partial charge in [-0.1, -0.05) is 41.4 Å². The Labute approximate surface area is 152 Å². The average Bonchev–Trinajstić information content (AvgIpc) is 2.61. The largest absolute Gasteiger partial charge is 0.488 e. The molecule has 1 aliphatic heterocycles. The van der Waals surface area contributed by atoms with Gasteiger partial charge in [0.1, 0.15) is 24.7 Å². The summed E-state index contributed by atoms with van der Waals surface area (Å²) in [6.07, 6.45) is 4.74. The molecule has 2 aromatic rings. The number of halogens is 2. The summed E-state index contributed by atoms with van der Waals surface area (Å²) in [6, 6.07) is 11.5. The van der Waals surface area contributed by atoms with E-state index in [9.17, 15) is 0 Å². The second kappa shape index (κ2) is 6.70. The number of fused-ring (bicyclic) bond motifs is 2. The molecular weight excluding hydrogens is 343 g/mol. The molecule has 0 spiro atoms. The SMILES string of the molecule is Clc1ccccc1COc1cc2c(cc1Cl)C1=C(CCCC1)CO2. The average molecular weight is 361 g/mol. The van der Waals surface area contributed by atoms with Crippen LogP contribution in [0.4, 0.5) is 0 Å². The van der Waals surface area contributed by atoms with Crippen molar-refractivity contribution in [2.75, 3.05) is 6.61 Å². The molecule has 0 bridgehead atoms. The van der Waals surface area contributed by atoms with Crippen LogP contribution in [-0.2, 0) is 6.61 Å². The van der Waals surface area contributed by atoms with Crippen LogP contribution >= 0.6 is 23.2 Å². The van der Waals surface area contributed by atoms with Crippen molar-refractivity contribution in [1.29, 1.82) is 0 Å². The second-order valence-corrected chi connectivity index (χ2v) is 7.05. The monoisotopic (exact) mass is 360 g/mol. The van der Waals surface area contributed by atoms with Gasteiger partial charge in [-0.2, -0.15) is 0 Å². The molecule has 24 heavy (non-hydrogen) atoms. The first kappa shape index (κ1) is 15.9. The molecule has 0 fully saturated rings. The lowest BCUT2D eigenvalue weighted by atomic mass is 9.86. The number of ether oxygens (including phenoxy) is 2. The molecule has 2 aromatic carbocycles. The van der Waals surface area contributed by atoms with Crippen LogP contribution in [0.1, 0.15) is 36.8 Å². The molecular formula is C20H18Cl2O2. The van der Waals surface area contributed by atoms with Crippen LogP contribution in [0.15, 0.2) is 42.0 Å². The minimum Gasteiger partial charge on any atom is -0.488 e. The number of hydrogen-bond acceptors (Lipinski definition) is 2. The molecule has 0 amide bonds. The lowest BCUT2D eigenvalue weighted by Crippen LogP contribution is -2.14. The first-order valence-electron chi connectivity index (χ1n) is 8.26. The Morgan fingerprint density at radius 2 is 1.83 bits per heavy atom. The number of rotatable bonds is 3. The lowest BCUT2D eigenvalue weighted by Gasteiger charge is -2.28. The minimum atomic E-state index is 0.381. The summed E-state index contributed by atoms with van der Waals surface area (Å²) in [7, 11) is 0. The Hall–Kier alpha value is -1.64. The van der Waals surface area contributed by atoms with Gasteiger partial charge < -0.3 is 9.47 Å². The van der Waals surface area contributed by atoms with E-state index in [-0.39, 0.29) is 0 Å². The van der Waals surface area contributed by atoms with E-state index in [1.807, 2.05) is 36.4 Å². The summed E-state index contributed by atoms with van der Waals surface area (Å²) >= 11 is 12.6. The van der Waals surface area contributed by atoms with Gasteiger partial charge in [-0.25, -0.2) is 0 Å². The third kappa shape index (κ3) is 3.01. The Balaban J connectivity index is 1.60. The van der Waals surface area contributed by atoms with Gasteiger partial charge in [0.15, 0.2) is 0 Å². The molecule has 4 rings (SSSR count). The van der Waals surface area contributed by atoms with E-state index in [1.165, 1.54) is 24.0 Å². The summed E-state index contributed by atoms with van der Waals surface area (Å²) < 4.78 is 11.8. The van der Waals surface area contributed by atoms with E-state index in [2.05, 4.69) is 0 Å². The van der Waals surface area contributed by atoms with Crippen molar-refractivity contribution in [3.05, 3.63) is 63.1 Å². The van der Waals surface area contributed by atoms with Crippen molar-refractivity contribution in [2.24, 2.45) is 0 Å². The highest BCUT2D eigenvalue weighted by Crippen LogP contribution is 2.44. The predicted molar refractivity (Wildman–Crippen MR) is 98.1 cm³/mol. The third-order valence-corrected chi connectivity index (χ3v) is 5.35. The van der Waals surface area contributed by atoms with Crippen molar-refractivity contribution >= 4 is 28.8 Å². The van der Waals surface area contributed by atoms with Gasteiger partial charge in [0.2, 0.25) is 0 Å². The maximum atomic E-state index is 6.46. The van der Waals surface area contributed by atoms with E-state index in [0.717, 1.165) is 29.7 Å². The van der Waals surface area contributed by atoms with Crippen molar-refractivity contribution in [1.82, 2.24) is 0 Å². The van der Waals surface area contributed by atoms with Gasteiger partial charge in [-0.3, -0.25) is 0 Å². The first-order valence-corrected chi connectivity index (χ1v) is 9.02. The highest BCUT2D eigenvalue weighted by molar-refractivity contribution is 6.32. The van der Waals surface area contributed by atoms with Crippen molar-refractivity contribution < 1.29 is 9.47 Å². The molecule has 2 nitrogen and oxygen atoms in total. The van der Waals surface area contributed by atoms with E-state index in [4.69, 9.17) is 32.7 Å². The van der Waals surface area contributed by atoms with Crippen LogP contribution < -0.4 is 9.47 Å². The second-order valence-electron chi connectivity index (χ2n) is 6.24. The Morgan fingerprint density at radius 3 is 2.71 bits per heavy atom. The summed E-state index contributed by atoms with van der Waals surface area (Å²) in [4.78, 5) is 0. The molecule has 4 heteroatoms. The molecule has 124 valence electrons. The van der Waals surface area contributed by atoms with Crippen LogP contribution in [0, 0.1) is 0 Å². The summed E-state index contributed by atoms with van der Waals surface area (Å²) in [5.41, 5.74) is 4.91. The van der Waals surface area contributed by atoms with Gasteiger partial charge in [-0.15, -0.1) is 0 Å². The topological polar surface area (TPSA) is 18.5 Å². The number of hydrogen-bond donors (Lipinski definition) is 0. The smallest absolute Gasteiger partial charge is 0.142 e. The summed E-state index contributed by atoms with van der Waals surface area (Å²) in [5, 5.41) is 1.31. The third-order valence-electron chi connectivity index (χ3n) is 4.68. The Morgan fingerprint density at radius 1 is 1.00 bits per heavy atom. The fourth-order valence-electron chi connectivity index (χ4n) is 3.39. The lowest BCUT2D eigenvalue weighted by molar-refractivity contribution is 0.299. The zero-order valence-corrected chi connectivity index (χ0v) is 14.8. The zero-order chi connectivity index (χ0) is 16.5. The normalized spacial score (nSPS) is 16.2. The van der Waals surface area contributed by atoms with Crippen LogP contribution in [0.2, 0.25) is 10.0 Å². The van der Waals surface area contributed by atoms with Gasteiger partial charge in [-0.05, 0) is 49.0 Å². The zero-order valence-electron chi connectivity index (χ0n) is 13.3. The fraction of sp³-hybridized carbons (Fsp3) is 0.300. The molecule has 0 aromatic heterocycles. The van der Waals surface area contributed by atoms with Gasteiger partial charge >= 0.3 is 0 Å². The Kier molecular flexibility index (Phi) is 4.43. The molecule has 1 heterocycles. The molecule has 0 saturated carbocycles. The molecule has 0 radical (unpaired) electrons. The van der Waals surface area contributed by atoms with Crippen molar-refractivity contribution in [3.8, 4) is 11.5 Å². The highest BCUT2D eigenvalue weighted by atomic mass is 35.5. The molecule has 0 unspecified atom stereocenters. The summed E-state index contributed by atoms with van der Waals surface area (Å²) in [6.45, 7) is 1.07. The number of allylic oxidation sites excluding steroid dienone is 1. The molecule has 1 aliphatic carbocycles. The summed E-state index contributed by atoms with van der Waals surface area (Å²) in [5.74, 6) is 1.50. The molecule has 0 atom stereocenters. The van der Waals surface area contributed by atoms with Crippen LogP contribution in [0.5, 0.6) is 11.5 Å². The maximum absolute atomic E-state index is 6.46. The fourth-order valence-corrected chi connectivity index (χ4v) is 3.80. The van der Waals surface area contributed by atoms with Gasteiger partial charge in [0.05, 0.1) is 5.02 Å². The molecule has 0 N–H and O–H groups in total. The van der Waals surface area contributed by atoms with E-state index >= 15 is 0 Å². The van der Waals surface area contributed by atoms with E-state index in [1.54, 1.807) is 0 Å². The van der Waals surface area contributed by atoms with Crippen LogP contribution in [-0.4, -0.2) is 6.61 Å². The van der Waals surface area contributed by atoms with Crippen LogP contribution in [0.3, 0.4) is 0 Å². The Bertz CT molecular complexity index is 811. The number of benzene rings is 2. The maximum Gasteiger partial charge on any atom is 0.142 e. The van der Waals surface area contributed by atoms with Crippen molar-refractivity contribution in [3.63, 3.8) is 0 Å². The van der Waals surface area contributed by atoms with Gasteiger partial charge in [0, 0.05) is 22.2 Å². The quantitative estimate of drug-likeness (QED) is 0.639. The molecule has 2 aliphatic rings. The van der Waals surface area contributed by atoms with Crippen molar-refractivity contribution in [2.45, 2.75) is 32.3 Å². The standard InChI is InChI=1S/C20H18Cl2O2/c21-17-8-4-2-6-14(17)12-24-20-10-19-16(9-18(20)22)15-7-3-1-5-13(15)11-23-19/h2,4,6,8-10H,1,3,5,7,11-12H2. The van der Waals surface area contributed by atoms with E-state index in [0.29, 0.717) is 29.0 Å². The van der Waals surface area contributed by atoms with Crippen LogP contribution in [0.25, 0.3) is 5.57 Å². The van der Waals surface area contributed by atoms with Gasteiger partial charge in [0.25, 0.3) is 0 Å². The van der Waals surface area contributed by atoms with E-state index < -0.39 is 0 Å².